The van der Waals surface area contributed by atoms with Crippen LogP contribution in [0, 0.1) is 0 Å². The summed E-state index contributed by atoms with van der Waals surface area (Å²) >= 11 is 0. The third-order valence-electron chi connectivity index (χ3n) is 1.42. The first kappa shape index (κ1) is 7.12. The molecule has 0 aromatic heterocycles. The van der Waals surface area contributed by atoms with Gasteiger partial charge in [-0.1, -0.05) is 0 Å². The van der Waals surface area contributed by atoms with Crippen molar-refractivity contribution in [1.29, 1.82) is 0 Å². The lowest BCUT2D eigenvalue weighted by Crippen LogP contribution is -2.14. The van der Waals surface area contributed by atoms with Gasteiger partial charge in [0.2, 0.25) is 0 Å². The van der Waals surface area contributed by atoms with Crippen molar-refractivity contribution in [3.8, 4) is 0 Å². The van der Waals surface area contributed by atoms with Gasteiger partial charge in [-0.25, -0.2) is 4.39 Å². The first-order valence-electron chi connectivity index (χ1n) is 3.08. The molecule has 2 nitrogen and oxygen atoms in total. The summed E-state index contributed by atoms with van der Waals surface area (Å²) in [4.78, 5) is 0. The Balaban J connectivity index is 2.71. The van der Waals surface area contributed by atoms with Gasteiger partial charge < -0.3 is 10.5 Å². The van der Waals surface area contributed by atoms with Crippen molar-refractivity contribution in [2.24, 2.45) is 5.73 Å². The van der Waals surface area contributed by atoms with Gasteiger partial charge in [0.25, 0.3) is 0 Å². The van der Waals surface area contributed by atoms with Crippen LogP contribution in [-0.2, 0) is 4.74 Å². The highest BCUT2D eigenvalue weighted by atomic mass is 19.1. The maximum atomic E-state index is 12.8. The van der Waals surface area contributed by atoms with Crippen LogP contribution in [0.2, 0.25) is 0 Å². The van der Waals surface area contributed by atoms with Crippen molar-refractivity contribution >= 4 is 0 Å². The largest absolute Gasteiger partial charge is 0.498 e. The van der Waals surface area contributed by atoms with Gasteiger partial charge >= 0.3 is 0 Å². The zero-order valence-electron chi connectivity index (χ0n) is 5.80. The van der Waals surface area contributed by atoms with Crippen molar-refractivity contribution in [2.75, 3.05) is 7.11 Å². The second-order valence-corrected chi connectivity index (χ2v) is 2.19. The third-order valence-corrected chi connectivity index (χ3v) is 1.42. The summed E-state index contributed by atoms with van der Waals surface area (Å²) in [5.41, 5.74) is 5.93. The predicted molar refractivity (Wildman–Crippen MR) is 36.9 cm³/mol. The van der Waals surface area contributed by atoms with Gasteiger partial charge in [-0.05, 0) is 12.2 Å². The molecule has 0 aromatic rings. The van der Waals surface area contributed by atoms with E-state index in [1.807, 2.05) is 0 Å². The van der Waals surface area contributed by atoms with Crippen molar-refractivity contribution in [2.45, 2.75) is 12.6 Å². The van der Waals surface area contributed by atoms with Crippen molar-refractivity contribution in [1.82, 2.24) is 0 Å². The number of halogens is 1. The molecule has 0 saturated heterocycles. The minimum atomic E-state index is -1.06. The zero-order valence-corrected chi connectivity index (χ0v) is 5.80. The SMILES string of the molecule is COC1=CC=C(N)CC1F. The maximum Gasteiger partial charge on any atom is 0.162 e. The summed E-state index contributed by atoms with van der Waals surface area (Å²) < 4.78 is 17.5. The summed E-state index contributed by atoms with van der Waals surface area (Å²) in [6, 6.07) is 0. The lowest BCUT2D eigenvalue weighted by atomic mass is 10.1. The summed E-state index contributed by atoms with van der Waals surface area (Å²) in [6.07, 6.45) is 2.41. The molecule has 0 aliphatic heterocycles. The van der Waals surface area contributed by atoms with Gasteiger partial charge in [-0.3, -0.25) is 0 Å². The van der Waals surface area contributed by atoms with Crippen molar-refractivity contribution in [3.05, 3.63) is 23.6 Å². The van der Waals surface area contributed by atoms with Crippen LogP contribution in [0.25, 0.3) is 0 Å². The molecule has 2 N–H and O–H groups in total. The van der Waals surface area contributed by atoms with Crippen molar-refractivity contribution < 1.29 is 9.13 Å². The third kappa shape index (κ3) is 1.29. The molecule has 0 radical (unpaired) electrons. The minimum absolute atomic E-state index is 0.250. The quantitative estimate of drug-likeness (QED) is 0.596. The van der Waals surface area contributed by atoms with E-state index in [4.69, 9.17) is 10.5 Å². The van der Waals surface area contributed by atoms with Crippen LogP contribution >= 0.6 is 0 Å². The Morgan fingerprint density at radius 2 is 2.40 bits per heavy atom. The van der Waals surface area contributed by atoms with Crippen LogP contribution in [0.15, 0.2) is 23.6 Å². The monoisotopic (exact) mass is 143 g/mol. The number of hydrogen-bond acceptors (Lipinski definition) is 2. The lowest BCUT2D eigenvalue weighted by Gasteiger charge is -2.14. The van der Waals surface area contributed by atoms with E-state index in [-0.39, 0.29) is 6.42 Å². The number of allylic oxidation sites excluding steroid dienone is 4. The molecule has 0 fully saturated rings. The predicted octanol–water partition coefficient (Wildman–Crippen LogP) is 1.10. The zero-order chi connectivity index (χ0) is 7.56. The van der Waals surface area contributed by atoms with E-state index >= 15 is 0 Å². The average molecular weight is 143 g/mol. The second-order valence-electron chi connectivity index (χ2n) is 2.19. The van der Waals surface area contributed by atoms with Gasteiger partial charge in [0.15, 0.2) is 6.17 Å². The Labute approximate surface area is 59.2 Å². The topological polar surface area (TPSA) is 35.2 Å². The average Bonchev–Trinajstić information content (AvgIpc) is 1.88. The molecule has 0 aromatic carbocycles. The molecule has 10 heavy (non-hydrogen) atoms. The molecule has 3 heteroatoms. The van der Waals surface area contributed by atoms with Gasteiger partial charge in [0.05, 0.1) is 7.11 Å². The van der Waals surface area contributed by atoms with E-state index < -0.39 is 6.17 Å². The molecule has 0 amide bonds. The number of methoxy groups -OCH3 is 1. The Hall–Kier alpha value is -0.990. The molecule has 0 heterocycles. The second kappa shape index (κ2) is 2.73. The van der Waals surface area contributed by atoms with Crippen LogP contribution in [0.1, 0.15) is 6.42 Å². The van der Waals surface area contributed by atoms with Crippen LogP contribution in [0.4, 0.5) is 4.39 Å². The Morgan fingerprint density at radius 3 is 2.90 bits per heavy atom. The fraction of sp³-hybridized carbons (Fsp3) is 0.429. The van der Waals surface area contributed by atoms with E-state index in [0.29, 0.717) is 11.5 Å². The fourth-order valence-electron chi connectivity index (χ4n) is 0.865. The number of alkyl halides is 1. The lowest BCUT2D eigenvalue weighted by molar-refractivity contribution is 0.201. The van der Waals surface area contributed by atoms with E-state index in [2.05, 4.69) is 0 Å². The summed E-state index contributed by atoms with van der Waals surface area (Å²) in [7, 11) is 1.45. The van der Waals surface area contributed by atoms with Crippen molar-refractivity contribution in [3.63, 3.8) is 0 Å². The first-order valence-corrected chi connectivity index (χ1v) is 3.08. The first-order chi connectivity index (χ1) is 4.74. The minimum Gasteiger partial charge on any atom is -0.498 e. The molecule has 1 unspecified atom stereocenters. The van der Waals surface area contributed by atoms with Gasteiger partial charge in [-0.15, -0.1) is 0 Å². The number of nitrogens with two attached hydrogens (primary N) is 1. The van der Waals surface area contributed by atoms with Gasteiger partial charge in [-0.2, -0.15) is 0 Å². The fourth-order valence-corrected chi connectivity index (χ4v) is 0.865. The number of rotatable bonds is 1. The van der Waals surface area contributed by atoms with Crippen LogP contribution in [0.5, 0.6) is 0 Å². The summed E-state index contributed by atoms with van der Waals surface area (Å²) in [6.45, 7) is 0. The molecule has 56 valence electrons. The van der Waals surface area contributed by atoms with Crippen LogP contribution in [0.3, 0.4) is 0 Å². The summed E-state index contributed by atoms with van der Waals surface area (Å²) in [5, 5.41) is 0. The number of ether oxygens (including phenoxy) is 1. The molecule has 1 rings (SSSR count). The smallest absolute Gasteiger partial charge is 0.162 e. The molecular formula is C7H10FNO. The van der Waals surface area contributed by atoms with E-state index in [0.717, 1.165) is 0 Å². The standard InChI is InChI=1S/C7H10FNO/c1-10-7-3-2-5(9)4-6(7)8/h2-3,6H,4,9H2,1H3. The highest BCUT2D eigenvalue weighted by Crippen LogP contribution is 2.19. The highest BCUT2D eigenvalue weighted by Gasteiger charge is 2.16. The molecular weight excluding hydrogens is 133 g/mol. The van der Waals surface area contributed by atoms with Crippen LogP contribution in [-0.4, -0.2) is 13.3 Å². The van der Waals surface area contributed by atoms with E-state index in [1.54, 1.807) is 12.2 Å². The highest BCUT2D eigenvalue weighted by molar-refractivity contribution is 5.22. The molecule has 1 aliphatic rings. The maximum absolute atomic E-state index is 12.8. The Morgan fingerprint density at radius 1 is 1.70 bits per heavy atom. The number of hydrogen-bond donors (Lipinski definition) is 1. The Bertz CT molecular complexity index is 186. The van der Waals surface area contributed by atoms with Crippen LogP contribution < -0.4 is 5.73 Å². The molecule has 0 bridgehead atoms. The Kier molecular flexibility index (Phi) is 1.94. The van der Waals surface area contributed by atoms with Gasteiger partial charge in [0.1, 0.15) is 5.76 Å². The molecule has 0 spiro atoms. The summed E-state index contributed by atoms with van der Waals surface area (Å²) in [5.74, 6) is 0.356. The van der Waals surface area contributed by atoms with E-state index in [9.17, 15) is 4.39 Å². The molecule has 0 saturated carbocycles. The normalized spacial score (nSPS) is 25.2. The van der Waals surface area contributed by atoms with E-state index in [1.165, 1.54) is 7.11 Å². The molecule has 1 aliphatic carbocycles. The molecule has 1 atom stereocenters. The van der Waals surface area contributed by atoms with Gasteiger partial charge in [0, 0.05) is 12.1 Å².